The van der Waals surface area contributed by atoms with E-state index in [2.05, 4.69) is 21.0 Å². The van der Waals surface area contributed by atoms with Crippen LogP contribution in [-0.2, 0) is 11.3 Å². The van der Waals surface area contributed by atoms with E-state index in [0.29, 0.717) is 5.69 Å². The molecule has 2 rings (SSSR count). The third-order valence-corrected chi connectivity index (χ3v) is 2.91. The molecule has 1 aromatic heterocycles. The van der Waals surface area contributed by atoms with Crippen LogP contribution in [0.2, 0.25) is 0 Å². The molecule has 0 saturated carbocycles. The van der Waals surface area contributed by atoms with E-state index < -0.39 is 0 Å². The Morgan fingerprint density at radius 3 is 2.50 bits per heavy atom. The number of Topliss-reactive ketones (excluding diaryl/α,β-unsaturated/α-hetero) is 1. The van der Waals surface area contributed by atoms with Crippen LogP contribution in [0, 0.1) is 0 Å². The van der Waals surface area contributed by atoms with Crippen LogP contribution in [0.4, 0.5) is 0 Å². The molecule has 2 aromatic rings. The van der Waals surface area contributed by atoms with Gasteiger partial charge in [0, 0.05) is 16.1 Å². The molecule has 0 amide bonds. The van der Waals surface area contributed by atoms with E-state index in [-0.39, 0.29) is 17.9 Å². The summed E-state index contributed by atoms with van der Waals surface area (Å²) in [5, 5.41) is 4.18. The van der Waals surface area contributed by atoms with Crippen molar-refractivity contribution < 1.29 is 4.79 Å². The average Bonchev–Trinajstić information content (AvgIpc) is 2.32. The lowest BCUT2D eigenvalue weighted by molar-refractivity contribution is -0.117. The number of halogens is 1. The van der Waals surface area contributed by atoms with Crippen molar-refractivity contribution in [3.63, 3.8) is 0 Å². The van der Waals surface area contributed by atoms with Crippen molar-refractivity contribution in [2.24, 2.45) is 0 Å². The van der Waals surface area contributed by atoms with Crippen molar-refractivity contribution in [2.45, 2.75) is 13.5 Å². The fraction of sp³-hybridized carbons (Fsp3) is 0.154. The standard InChI is InChI=1S/C13H11BrN2O2/c1-9(17)8-16-13(18)7-6-12(15-16)10-2-4-11(14)5-3-10/h2-7H,8H2,1H3. The lowest BCUT2D eigenvalue weighted by Gasteiger charge is -2.05. The molecule has 0 fully saturated rings. The van der Waals surface area contributed by atoms with Gasteiger partial charge in [0.25, 0.3) is 5.56 Å². The highest BCUT2D eigenvalue weighted by molar-refractivity contribution is 9.10. The summed E-state index contributed by atoms with van der Waals surface area (Å²) >= 11 is 3.36. The molecule has 0 atom stereocenters. The van der Waals surface area contributed by atoms with Gasteiger partial charge in [0.05, 0.1) is 5.69 Å². The Labute approximate surface area is 112 Å². The van der Waals surface area contributed by atoms with Gasteiger partial charge in [0.15, 0.2) is 5.78 Å². The molecule has 4 nitrogen and oxygen atoms in total. The number of nitrogens with zero attached hydrogens (tertiary/aromatic N) is 2. The van der Waals surface area contributed by atoms with Gasteiger partial charge in [0.1, 0.15) is 6.54 Å². The Kier molecular flexibility index (Phi) is 3.72. The normalized spacial score (nSPS) is 10.3. The number of rotatable bonds is 3. The first-order valence-electron chi connectivity index (χ1n) is 5.40. The predicted molar refractivity (Wildman–Crippen MR) is 72.3 cm³/mol. The molecule has 1 heterocycles. The summed E-state index contributed by atoms with van der Waals surface area (Å²) in [4.78, 5) is 22.6. The Bertz CT molecular complexity index is 632. The minimum atomic E-state index is -0.272. The second-order valence-corrected chi connectivity index (χ2v) is 4.84. The largest absolute Gasteiger partial charge is 0.298 e. The van der Waals surface area contributed by atoms with Crippen LogP contribution >= 0.6 is 15.9 Å². The lowest BCUT2D eigenvalue weighted by atomic mass is 10.1. The zero-order valence-electron chi connectivity index (χ0n) is 9.76. The zero-order valence-corrected chi connectivity index (χ0v) is 11.3. The van der Waals surface area contributed by atoms with Crippen LogP contribution in [0.25, 0.3) is 11.3 Å². The summed E-state index contributed by atoms with van der Waals surface area (Å²) in [7, 11) is 0. The smallest absolute Gasteiger partial charge is 0.267 e. The fourth-order valence-electron chi connectivity index (χ4n) is 1.55. The van der Waals surface area contributed by atoms with E-state index in [4.69, 9.17) is 0 Å². The van der Waals surface area contributed by atoms with Crippen LogP contribution in [0.5, 0.6) is 0 Å². The van der Waals surface area contributed by atoms with Gasteiger partial charge in [-0.3, -0.25) is 9.59 Å². The van der Waals surface area contributed by atoms with E-state index in [9.17, 15) is 9.59 Å². The van der Waals surface area contributed by atoms with Gasteiger partial charge in [-0.2, -0.15) is 5.10 Å². The van der Waals surface area contributed by atoms with Crippen LogP contribution < -0.4 is 5.56 Å². The summed E-state index contributed by atoms with van der Waals surface area (Å²) in [6.07, 6.45) is 0. The molecule has 18 heavy (non-hydrogen) atoms. The number of hydrogen-bond acceptors (Lipinski definition) is 3. The molecule has 0 saturated heterocycles. The van der Waals surface area contributed by atoms with Gasteiger partial charge in [-0.05, 0) is 25.1 Å². The SMILES string of the molecule is CC(=O)Cn1nc(-c2ccc(Br)cc2)ccc1=O. The highest BCUT2D eigenvalue weighted by atomic mass is 79.9. The molecular weight excluding hydrogens is 296 g/mol. The second-order valence-electron chi connectivity index (χ2n) is 3.92. The van der Waals surface area contributed by atoms with Crippen LogP contribution in [0.1, 0.15) is 6.92 Å². The highest BCUT2D eigenvalue weighted by Gasteiger charge is 2.05. The van der Waals surface area contributed by atoms with Gasteiger partial charge in [0.2, 0.25) is 0 Å². The molecule has 0 aliphatic rings. The number of carbonyl (C=O) groups is 1. The van der Waals surface area contributed by atoms with Crippen molar-refractivity contribution in [2.75, 3.05) is 0 Å². The maximum absolute atomic E-state index is 11.5. The maximum Gasteiger partial charge on any atom is 0.267 e. The molecule has 0 aliphatic carbocycles. The van der Waals surface area contributed by atoms with Crippen molar-refractivity contribution in [3.8, 4) is 11.3 Å². The van der Waals surface area contributed by atoms with Crippen LogP contribution in [0.15, 0.2) is 45.7 Å². The molecule has 0 bridgehead atoms. The van der Waals surface area contributed by atoms with Crippen LogP contribution in [-0.4, -0.2) is 15.6 Å². The summed E-state index contributed by atoms with van der Waals surface area (Å²) in [6.45, 7) is 1.43. The minimum Gasteiger partial charge on any atom is -0.298 e. The topological polar surface area (TPSA) is 52.0 Å². The number of hydrogen-bond donors (Lipinski definition) is 0. The Balaban J connectivity index is 2.43. The molecule has 5 heteroatoms. The number of ketones is 1. The Morgan fingerprint density at radius 1 is 1.22 bits per heavy atom. The van der Waals surface area contributed by atoms with Crippen LogP contribution in [0.3, 0.4) is 0 Å². The summed E-state index contributed by atoms with van der Waals surface area (Å²) in [6, 6.07) is 10.7. The molecule has 0 unspecified atom stereocenters. The van der Waals surface area contributed by atoms with E-state index in [1.165, 1.54) is 17.7 Å². The number of benzene rings is 1. The first kappa shape index (κ1) is 12.7. The molecular formula is C13H11BrN2O2. The van der Waals surface area contributed by atoms with E-state index >= 15 is 0 Å². The predicted octanol–water partition coefficient (Wildman–Crippen LogP) is 2.26. The molecule has 92 valence electrons. The zero-order chi connectivity index (χ0) is 13.1. The lowest BCUT2D eigenvalue weighted by Crippen LogP contribution is -2.25. The Morgan fingerprint density at radius 2 is 1.89 bits per heavy atom. The maximum atomic E-state index is 11.5. The van der Waals surface area contributed by atoms with Crippen molar-refractivity contribution in [3.05, 3.63) is 51.2 Å². The third-order valence-electron chi connectivity index (χ3n) is 2.38. The number of carbonyl (C=O) groups excluding carboxylic acids is 1. The summed E-state index contributed by atoms with van der Waals surface area (Å²) in [5.74, 6) is -0.0995. The van der Waals surface area contributed by atoms with Gasteiger partial charge >= 0.3 is 0 Å². The quantitative estimate of drug-likeness (QED) is 0.874. The van der Waals surface area contributed by atoms with E-state index in [1.807, 2.05) is 24.3 Å². The molecule has 0 spiro atoms. The van der Waals surface area contributed by atoms with Crippen molar-refractivity contribution in [1.82, 2.24) is 9.78 Å². The van der Waals surface area contributed by atoms with Gasteiger partial charge < -0.3 is 0 Å². The Hall–Kier alpha value is -1.75. The molecule has 0 N–H and O–H groups in total. The first-order valence-corrected chi connectivity index (χ1v) is 6.19. The molecule has 0 radical (unpaired) electrons. The number of aromatic nitrogens is 2. The van der Waals surface area contributed by atoms with Gasteiger partial charge in [-0.1, -0.05) is 28.1 Å². The van der Waals surface area contributed by atoms with Crippen molar-refractivity contribution in [1.29, 1.82) is 0 Å². The third kappa shape index (κ3) is 2.92. The van der Waals surface area contributed by atoms with Gasteiger partial charge in [-0.15, -0.1) is 0 Å². The minimum absolute atomic E-state index is 0.00318. The average molecular weight is 307 g/mol. The monoisotopic (exact) mass is 306 g/mol. The highest BCUT2D eigenvalue weighted by Crippen LogP contribution is 2.18. The van der Waals surface area contributed by atoms with Crippen molar-refractivity contribution >= 4 is 21.7 Å². The molecule has 0 aliphatic heterocycles. The summed E-state index contributed by atoms with van der Waals surface area (Å²) in [5.41, 5.74) is 1.30. The fourth-order valence-corrected chi connectivity index (χ4v) is 1.81. The second kappa shape index (κ2) is 5.27. The first-order chi connectivity index (χ1) is 8.56. The molecule has 1 aromatic carbocycles. The summed E-state index contributed by atoms with van der Waals surface area (Å²) < 4.78 is 2.16. The van der Waals surface area contributed by atoms with E-state index in [1.54, 1.807) is 6.07 Å². The van der Waals surface area contributed by atoms with Gasteiger partial charge in [-0.25, -0.2) is 4.68 Å². The van der Waals surface area contributed by atoms with E-state index in [0.717, 1.165) is 10.0 Å².